The van der Waals surface area contributed by atoms with Gasteiger partial charge in [-0.25, -0.2) is 12.8 Å². The van der Waals surface area contributed by atoms with Gasteiger partial charge in [0.15, 0.2) is 0 Å². The number of nitrogens with one attached hydrogen (secondary N) is 1. The van der Waals surface area contributed by atoms with Crippen molar-refractivity contribution in [2.45, 2.75) is 57.6 Å². The number of carbonyl (C=O) groups excluding carboxylic acids is 2. The van der Waals surface area contributed by atoms with Gasteiger partial charge in [-0.1, -0.05) is 48.4 Å². The molecular weight excluding hydrogens is 541 g/mol. The summed E-state index contributed by atoms with van der Waals surface area (Å²) in [6.07, 6.45) is 0.709. The summed E-state index contributed by atoms with van der Waals surface area (Å²) >= 11 is 6.02. The standard InChI is InChI=1S/C29H33ClFN3O4S/c1-5-21(3)32-29(36)22(4)33(18-23-8-10-24(30)11-9-23)28(35)19-34(26-14-6-20(2)7-15-26)39(37,38)27-16-12-25(31)13-17-27/h6-17,21-22H,5,18-19H2,1-4H3,(H,32,36)/t21-,22-/m0/s1. The van der Waals surface area contributed by atoms with Gasteiger partial charge in [0.1, 0.15) is 18.4 Å². The Morgan fingerprint density at radius 3 is 2.10 bits per heavy atom. The van der Waals surface area contributed by atoms with Crippen LogP contribution in [0.3, 0.4) is 0 Å². The van der Waals surface area contributed by atoms with E-state index >= 15 is 0 Å². The van der Waals surface area contributed by atoms with E-state index in [-0.39, 0.29) is 29.1 Å². The first kappa shape index (κ1) is 30.1. The van der Waals surface area contributed by atoms with Crippen LogP contribution in [0, 0.1) is 12.7 Å². The van der Waals surface area contributed by atoms with Gasteiger partial charge in [0.2, 0.25) is 11.8 Å². The van der Waals surface area contributed by atoms with E-state index in [2.05, 4.69) is 5.32 Å². The molecular formula is C29H33ClFN3O4S. The molecule has 7 nitrogen and oxygen atoms in total. The van der Waals surface area contributed by atoms with Gasteiger partial charge in [0.05, 0.1) is 10.6 Å². The summed E-state index contributed by atoms with van der Waals surface area (Å²) in [5, 5.41) is 3.41. The number of benzene rings is 3. The number of sulfonamides is 1. The van der Waals surface area contributed by atoms with Crippen molar-refractivity contribution in [3.05, 3.63) is 94.8 Å². The van der Waals surface area contributed by atoms with Crippen molar-refractivity contribution in [2.24, 2.45) is 0 Å². The second-order valence-electron chi connectivity index (χ2n) is 9.44. The van der Waals surface area contributed by atoms with Gasteiger partial charge in [-0.05, 0) is 81.3 Å². The predicted molar refractivity (Wildman–Crippen MR) is 151 cm³/mol. The molecule has 0 heterocycles. The van der Waals surface area contributed by atoms with Crippen LogP contribution >= 0.6 is 11.6 Å². The normalized spacial score (nSPS) is 12.9. The van der Waals surface area contributed by atoms with E-state index in [1.165, 1.54) is 4.90 Å². The molecule has 3 aromatic rings. The SMILES string of the molecule is CC[C@H](C)NC(=O)[C@H](C)N(Cc1ccc(Cl)cc1)C(=O)CN(c1ccc(C)cc1)S(=O)(=O)c1ccc(F)cc1. The Bertz CT molecular complexity index is 1380. The highest BCUT2D eigenvalue weighted by Crippen LogP contribution is 2.25. The van der Waals surface area contributed by atoms with Crippen molar-refractivity contribution in [2.75, 3.05) is 10.8 Å². The number of aryl methyl sites for hydroxylation is 1. The van der Waals surface area contributed by atoms with Gasteiger partial charge in [-0.15, -0.1) is 0 Å². The number of rotatable bonds is 11. The number of amides is 2. The average molecular weight is 574 g/mol. The minimum Gasteiger partial charge on any atom is -0.352 e. The highest BCUT2D eigenvalue weighted by molar-refractivity contribution is 7.92. The van der Waals surface area contributed by atoms with E-state index < -0.39 is 34.3 Å². The van der Waals surface area contributed by atoms with Crippen LogP contribution in [0.4, 0.5) is 10.1 Å². The van der Waals surface area contributed by atoms with E-state index in [1.54, 1.807) is 55.5 Å². The Kier molecular flexibility index (Phi) is 10.1. The van der Waals surface area contributed by atoms with Crippen molar-refractivity contribution >= 4 is 39.1 Å². The van der Waals surface area contributed by atoms with Crippen molar-refractivity contribution in [3.8, 4) is 0 Å². The van der Waals surface area contributed by atoms with Gasteiger partial charge in [0, 0.05) is 17.6 Å². The summed E-state index contributed by atoms with van der Waals surface area (Å²) in [5.41, 5.74) is 1.89. The van der Waals surface area contributed by atoms with E-state index in [0.29, 0.717) is 11.4 Å². The minimum absolute atomic E-state index is 0.0590. The van der Waals surface area contributed by atoms with Crippen LogP contribution < -0.4 is 9.62 Å². The zero-order chi connectivity index (χ0) is 28.7. The zero-order valence-electron chi connectivity index (χ0n) is 22.4. The zero-order valence-corrected chi connectivity index (χ0v) is 24.0. The first-order valence-corrected chi connectivity index (χ1v) is 14.4. The Labute approximate surface area is 234 Å². The average Bonchev–Trinajstić information content (AvgIpc) is 2.91. The monoisotopic (exact) mass is 573 g/mol. The first-order valence-electron chi connectivity index (χ1n) is 12.6. The minimum atomic E-state index is -4.26. The Morgan fingerprint density at radius 2 is 1.54 bits per heavy atom. The van der Waals surface area contributed by atoms with Gasteiger partial charge < -0.3 is 10.2 Å². The fraction of sp³-hybridized carbons (Fsp3) is 0.310. The van der Waals surface area contributed by atoms with Crippen LogP contribution in [0.5, 0.6) is 0 Å². The summed E-state index contributed by atoms with van der Waals surface area (Å²) in [5.74, 6) is -1.51. The molecule has 0 saturated heterocycles. The van der Waals surface area contributed by atoms with E-state index in [1.807, 2.05) is 20.8 Å². The number of halogens is 2. The molecule has 0 bridgehead atoms. The smallest absolute Gasteiger partial charge is 0.264 e. The van der Waals surface area contributed by atoms with Gasteiger partial charge in [-0.3, -0.25) is 13.9 Å². The van der Waals surface area contributed by atoms with Gasteiger partial charge >= 0.3 is 0 Å². The summed E-state index contributed by atoms with van der Waals surface area (Å²) in [6, 6.07) is 17.0. The molecule has 0 aliphatic carbocycles. The number of nitrogens with zero attached hydrogens (tertiary/aromatic N) is 2. The van der Waals surface area contributed by atoms with Crippen molar-refractivity contribution in [3.63, 3.8) is 0 Å². The molecule has 2 atom stereocenters. The van der Waals surface area contributed by atoms with Crippen LogP contribution in [-0.4, -0.2) is 43.8 Å². The second-order valence-corrected chi connectivity index (χ2v) is 11.7. The third-order valence-electron chi connectivity index (χ3n) is 6.44. The fourth-order valence-corrected chi connectivity index (χ4v) is 5.35. The molecule has 0 saturated carbocycles. The van der Waals surface area contributed by atoms with Crippen LogP contribution in [0.15, 0.2) is 77.7 Å². The summed E-state index contributed by atoms with van der Waals surface area (Å²) in [7, 11) is -4.26. The quantitative estimate of drug-likeness (QED) is 0.337. The number of hydrogen-bond acceptors (Lipinski definition) is 4. The van der Waals surface area contributed by atoms with Gasteiger partial charge in [-0.2, -0.15) is 0 Å². The maximum Gasteiger partial charge on any atom is 0.264 e. The van der Waals surface area contributed by atoms with Gasteiger partial charge in [0.25, 0.3) is 10.0 Å². The van der Waals surface area contributed by atoms with E-state index in [9.17, 15) is 22.4 Å². The summed E-state index contributed by atoms with van der Waals surface area (Å²) < 4.78 is 42.0. The number of hydrogen-bond donors (Lipinski definition) is 1. The third kappa shape index (κ3) is 7.80. The molecule has 0 aromatic heterocycles. The van der Waals surface area contributed by atoms with E-state index in [4.69, 9.17) is 11.6 Å². The van der Waals surface area contributed by atoms with E-state index in [0.717, 1.165) is 39.7 Å². The lowest BCUT2D eigenvalue weighted by atomic mass is 10.1. The van der Waals surface area contributed by atoms with Crippen molar-refractivity contribution in [1.82, 2.24) is 10.2 Å². The lowest BCUT2D eigenvalue weighted by Gasteiger charge is -2.32. The molecule has 3 aromatic carbocycles. The number of anilines is 1. The predicted octanol–water partition coefficient (Wildman–Crippen LogP) is 5.31. The molecule has 208 valence electrons. The molecule has 0 aliphatic heterocycles. The molecule has 0 aliphatic rings. The molecule has 1 N–H and O–H groups in total. The largest absolute Gasteiger partial charge is 0.352 e. The van der Waals surface area contributed by atoms with Crippen molar-refractivity contribution < 1.29 is 22.4 Å². The molecule has 0 spiro atoms. The van der Waals surface area contributed by atoms with Crippen LogP contribution in [0.25, 0.3) is 0 Å². The highest BCUT2D eigenvalue weighted by atomic mass is 35.5. The Balaban J connectivity index is 2.01. The fourth-order valence-electron chi connectivity index (χ4n) is 3.81. The maximum absolute atomic E-state index is 13.9. The summed E-state index contributed by atoms with van der Waals surface area (Å²) in [6.45, 7) is 6.76. The van der Waals surface area contributed by atoms with Crippen LogP contribution in [0.1, 0.15) is 38.3 Å². The lowest BCUT2D eigenvalue weighted by Crippen LogP contribution is -2.52. The second kappa shape index (κ2) is 13.1. The maximum atomic E-state index is 13.9. The molecule has 2 amide bonds. The highest BCUT2D eigenvalue weighted by Gasteiger charge is 2.32. The van der Waals surface area contributed by atoms with Crippen LogP contribution in [0.2, 0.25) is 5.02 Å². The first-order chi connectivity index (χ1) is 18.4. The topological polar surface area (TPSA) is 86.8 Å². The molecule has 3 rings (SSSR count). The molecule has 0 fully saturated rings. The Morgan fingerprint density at radius 1 is 0.949 bits per heavy atom. The lowest BCUT2D eigenvalue weighted by molar-refractivity contribution is -0.139. The molecule has 0 radical (unpaired) electrons. The molecule has 0 unspecified atom stereocenters. The Hall–Kier alpha value is -3.43. The molecule has 10 heteroatoms. The third-order valence-corrected chi connectivity index (χ3v) is 8.48. The summed E-state index contributed by atoms with van der Waals surface area (Å²) in [4.78, 5) is 28.1. The molecule has 39 heavy (non-hydrogen) atoms. The van der Waals surface area contributed by atoms with Crippen molar-refractivity contribution in [1.29, 1.82) is 0 Å². The van der Waals surface area contributed by atoms with Crippen LogP contribution in [-0.2, 0) is 26.2 Å². The number of carbonyl (C=O) groups is 2.